The molecule has 1 nitrogen and oxygen atoms in total. The van der Waals surface area contributed by atoms with Gasteiger partial charge in [0, 0.05) is 16.8 Å². The van der Waals surface area contributed by atoms with Crippen LogP contribution in [0.5, 0.6) is 0 Å². The number of anilines is 2. The van der Waals surface area contributed by atoms with Gasteiger partial charge in [-0.15, -0.1) is 0 Å². The molecule has 0 aliphatic heterocycles. The van der Waals surface area contributed by atoms with E-state index in [-0.39, 0.29) is 0 Å². The summed E-state index contributed by atoms with van der Waals surface area (Å²) >= 11 is 0. The topological polar surface area (TPSA) is 3.24 Å². The maximum atomic E-state index is 2.41. The predicted octanol–water partition coefficient (Wildman–Crippen LogP) is 8.20. The van der Waals surface area contributed by atoms with Gasteiger partial charge >= 0.3 is 0 Å². The van der Waals surface area contributed by atoms with Crippen LogP contribution in [0.2, 0.25) is 0 Å². The van der Waals surface area contributed by atoms with Crippen LogP contribution in [-0.2, 0) is 0 Å². The van der Waals surface area contributed by atoms with Crippen LogP contribution >= 0.6 is 0 Å². The van der Waals surface area contributed by atoms with Gasteiger partial charge < -0.3 is 4.90 Å². The van der Waals surface area contributed by atoms with Crippen LogP contribution in [0.3, 0.4) is 0 Å². The summed E-state index contributed by atoms with van der Waals surface area (Å²) in [6.07, 6.45) is 8.04. The van der Waals surface area contributed by atoms with Crippen molar-refractivity contribution in [3.8, 4) is 0 Å². The molecule has 0 amide bonds. The minimum absolute atomic E-state index is 0.590. The zero-order chi connectivity index (χ0) is 20.1. The van der Waals surface area contributed by atoms with Crippen molar-refractivity contribution in [2.24, 2.45) is 5.92 Å². The van der Waals surface area contributed by atoms with Crippen LogP contribution in [-0.4, -0.2) is 0 Å². The van der Waals surface area contributed by atoms with Crippen molar-refractivity contribution >= 4 is 43.7 Å². The first-order valence-corrected chi connectivity index (χ1v) is 10.7. The highest BCUT2D eigenvalue weighted by Gasteiger charge is 2.19. The Kier molecular flexibility index (Phi) is 3.89. The van der Waals surface area contributed by atoms with Gasteiger partial charge in [0.05, 0.1) is 5.69 Å². The maximum Gasteiger partial charge on any atom is 0.0540 e. The minimum Gasteiger partial charge on any atom is -0.310 e. The number of nitrogens with zero attached hydrogens (tertiary/aromatic N) is 1. The van der Waals surface area contributed by atoms with Gasteiger partial charge in [-0.2, -0.15) is 0 Å². The smallest absolute Gasteiger partial charge is 0.0540 e. The Bertz CT molecular complexity index is 1410. The SMILES string of the molecule is C[C@@H]1C=CC(N(c2ccccc2)c2ccc3ccc4cccc5ccc2c3c45)=CC1. The second kappa shape index (κ2) is 6.74. The van der Waals surface area contributed by atoms with E-state index in [1.54, 1.807) is 0 Å². The zero-order valence-corrected chi connectivity index (χ0v) is 17.0. The van der Waals surface area contributed by atoms with Gasteiger partial charge in [0.25, 0.3) is 0 Å². The average Bonchev–Trinajstić information content (AvgIpc) is 2.80. The molecule has 1 aliphatic carbocycles. The summed E-state index contributed by atoms with van der Waals surface area (Å²) < 4.78 is 0. The highest BCUT2D eigenvalue weighted by Crippen LogP contribution is 2.42. The van der Waals surface area contributed by atoms with Crippen LogP contribution in [0.25, 0.3) is 32.3 Å². The van der Waals surface area contributed by atoms with E-state index in [1.165, 1.54) is 49.4 Å². The maximum absolute atomic E-state index is 2.41. The second-order valence-electron chi connectivity index (χ2n) is 8.31. The van der Waals surface area contributed by atoms with Crippen molar-refractivity contribution in [2.75, 3.05) is 4.90 Å². The van der Waals surface area contributed by atoms with E-state index >= 15 is 0 Å². The largest absolute Gasteiger partial charge is 0.310 e. The van der Waals surface area contributed by atoms with E-state index in [4.69, 9.17) is 0 Å². The second-order valence-corrected chi connectivity index (χ2v) is 8.31. The Labute approximate surface area is 176 Å². The van der Waals surface area contributed by atoms with Crippen LogP contribution in [0.1, 0.15) is 13.3 Å². The first kappa shape index (κ1) is 17.3. The summed E-state index contributed by atoms with van der Waals surface area (Å²) in [6.45, 7) is 2.27. The summed E-state index contributed by atoms with van der Waals surface area (Å²) in [6, 6.07) is 30.9. The number of rotatable bonds is 3. The van der Waals surface area contributed by atoms with Crippen molar-refractivity contribution in [2.45, 2.75) is 13.3 Å². The molecule has 5 aromatic carbocycles. The molecule has 0 radical (unpaired) electrons. The third-order valence-corrected chi connectivity index (χ3v) is 6.31. The highest BCUT2D eigenvalue weighted by molar-refractivity contribution is 6.25. The summed E-state index contributed by atoms with van der Waals surface area (Å²) in [7, 11) is 0. The molecule has 1 atom stereocenters. The Hall–Kier alpha value is -3.58. The van der Waals surface area contributed by atoms with Crippen molar-refractivity contribution in [3.63, 3.8) is 0 Å². The van der Waals surface area contributed by atoms with E-state index < -0.39 is 0 Å². The highest BCUT2D eigenvalue weighted by atomic mass is 15.1. The Morgan fingerprint density at radius 3 is 2.13 bits per heavy atom. The van der Waals surface area contributed by atoms with Gasteiger partial charge in [-0.25, -0.2) is 0 Å². The van der Waals surface area contributed by atoms with Gasteiger partial charge in [0.15, 0.2) is 0 Å². The minimum atomic E-state index is 0.590. The van der Waals surface area contributed by atoms with Gasteiger partial charge in [-0.05, 0) is 63.5 Å². The quantitative estimate of drug-likeness (QED) is 0.283. The molecule has 0 bridgehead atoms. The Morgan fingerprint density at radius 1 is 0.700 bits per heavy atom. The lowest BCUT2D eigenvalue weighted by molar-refractivity contribution is 0.728. The van der Waals surface area contributed by atoms with Gasteiger partial charge in [0.2, 0.25) is 0 Å². The van der Waals surface area contributed by atoms with Gasteiger partial charge in [0.1, 0.15) is 0 Å². The fourth-order valence-corrected chi connectivity index (χ4v) is 4.80. The number of hydrogen-bond donors (Lipinski definition) is 0. The first-order chi connectivity index (χ1) is 14.8. The fraction of sp³-hybridized carbons (Fsp3) is 0.103. The van der Waals surface area contributed by atoms with Crippen molar-refractivity contribution in [3.05, 3.63) is 109 Å². The molecule has 1 aliphatic rings. The Morgan fingerprint density at radius 2 is 1.40 bits per heavy atom. The number of benzene rings is 5. The van der Waals surface area contributed by atoms with E-state index in [0.29, 0.717) is 5.92 Å². The molecule has 0 fully saturated rings. The van der Waals surface area contributed by atoms with E-state index in [2.05, 4.69) is 115 Å². The molecular weight excluding hydrogens is 362 g/mol. The van der Waals surface area contributed by atoms with Gasteiger partial charge in [-0.1, -0.05) is 85.8 Å². The molecule has 0 unspecified atom stereocenters. The molecular formula is C29H23N. The lowest BCUT2D eigenvalue weighted by Crippen LogP contribution is -2.17. The molecule has 0 aromatic heterocycles. The molecule has 0 spiro atoms. The number of para-hydroxylation sites is 1. The average molecular weight is 386 g/mol. The lowest BCUT2D eigenvalue weighted by Gasteiger charge is -2.30. The third kappa shape index (κ3) is 2.63. The Balaban J connectivity index is 1.67. The predicted molar refractivity (Wildman–Crippen MR) is 130 cm³/mol. The van der Waals surface area contributed by atoms with Crippen molar-refractivity contribution in [1.29, 1.82) is 0 Å². The summed E-state index contributed by atoms with van der Waals surface area (Å²) in [5, 5.41) is 7.93. The number of allylic oxidation sites excluding steroid dienone is 3. The molecule has 30 heavy (non-hydrogen) atoms. The molecule has 6 rings (SSSR count). The normalized spacial score (nSPS) is 16.4. The third-order valence-electron chi connectivity index (χ3n) is 6.31. The standard InChI is InChI=1S/C29H23N/c1-20-10-16-25(17-11-20)30(24-8-3-2-4-9-24)27-19-15-23-13-12-21-6-5-7-22-14-18-26(27)29(23)28(21)22/h2-10,12-20H,11H2,1H3/t20-/m1/s1. The van der Waals surface area contributed by atoms with Crippen molar-refractivity contribution < 1.29 is 0 Å². The van der Waals surface area contributed by atoms with E-state index in [9.17, 15) is 0 Å². The van der Waals surface area contributed by atoms with Crippen molar-refractivity contribution in [1.82, 2.24) is 0 Å². The fourth-order valence-electron chi connectivity index (χ4n) is 4.80. The first-order valence-electron chi connectivity index (χ1n) is 10.7. The number of hydrogen-bond acceptors (Lipinski definition) is 1. The zero-order valence-electron chi connectivity index (χ0n) is 17.0. The monoisotopic (exact) mass is 385 g/mol. The summed E-state index contributed by atoms with van der Waals surface area (Å²) in [5.41, 5.74) is 3.67. The molecule has 0 saturated heterocycles. The van der Waals surface area contributed by atoms with Crippen LogP contribution in [0.4, 0.5) is 11.4 Å². The lowest BCUT2D eigenvalue weighted by atomic mass is 9.92. The van der Waals surface area contributed by atoms with E-state index in [0.717, 1.165) is 6.42 Å². The molecule has 144 valence electrons. The van der Waals surface area contributed by atoms with Gasteiger partial charge in [-0.3, -0.25) is 0 Å². The van der Waals surface area contributed by atoms with Crippen LogP contribution in [0, 0.1) is 5.92 Å². The van der Waals surface area contributed by atoms with Crippen LogP contribution in [0.15, 0.2) is 109 Å². The summed E-state index contributed by atoms with van der Waals surface area (Å²) in [5.74, 6) is 0.590. The summed E-state index contributed by atoms with van der Waals surface area (Å²) in [4.78, 5) is 2.41. The van der Waals surface area contributed by atoms with Crippen LogP contribution < -0.4 is 4.90 Å². The molecule has 0 heterocycles. The molecule has 5 aromatic rings. The molecule has 0 saturated carbocycles. The van der Waals surface area contributed by atoms with E-state index in [1.807, 2.05) is 0 Å². The molecule has 1 heteroatoms. The molecule has 0 N–H and O–H groups in total.